The van der Waals surface area contributed by atoms with E-state index in [1.807, 2.05) is 0 Å². The Morgan fingerprint density at radius 2 is 1.57 bits per heavy atom. The fourth-order valence-corrected chi connectivity index (χ4v) is 6.40. The predicted molar refractivity (Wildman–Crippen MR) is 93.5 cm³/mol. The summed E-state index contributed by atoms with van der Waals surface area (Å²) in [5, 5.41) is 1.44. The van der Waals surface area contributed by atoms with Crippen LogP contribution in [-0.4, -0.2) is 12.6 Å². The van der Waals surface area contributed by atoms with Crippen molar-refractivity contribution in [3.63, 3.8) is 0 Å². The van der Waals surface area contributed by atoms with Crippen molar-refractivity contribution in [2.45, 2.75) is 25.2 Å². The lowest BCUT2D eigenvalue weighted by Crippen LogP contribution is -2.30. The van der Waals surface area contributed by atoms with Gasteiger partial charge in [0.25, 0.3) is 0 Å². The first-order valence-electron chi connectivity index (χ1n) is 7.67. The quantitative estimate of drug-likeness (QED) is 0.545. The molecule has 0 aliphatic heterocycles. The zero-order valence-corrected chi connectivity index (χ0v) is 14.1. The van der Waals surface area contributed by atoms with Crippen molar-refractivity contribution in [2.75, 3.05) is 0 Å². The first-order valence-corrected chi connectivity index (χ1v) is 11.2. The molecule has 0 amide bonds. The van der Waals surface area contributed by atoms with Gasteiger partial charge in [-0.25, -0.2) is 0 Å². The van der Waals surface area contributed by atoms with Gasteiger partial charge >= 0.3 is 0 Å². The highest BCUT2D eigenvalue weighted by atomic mass is 28.3. The Labute approximate surface area is 127 Å². The molecule has 0 saturated heterocycles. The van der Waals surface area contributed by atoms with Crippen LogP contribution in [0.5, 0.6) is 0 Å². The molecule has 0 bridgehead atoms. The van der Waals surface area contributed by atoms with Crippen molar-refractivity contribution < 1.29 is 0 Å². The Kier molecular flexibility index (Phi) is 2.52. The Hall–Kier alpha value is -1.80. The number of aromatic nitrogens is 1. The Balaban J connectivity index is 2.18. The van der Waals surface area contributed by atoms with Gasteiger partial charge in [-0.15, -0.1) is 0 Å². The first kappa shape index (κ1) is 12.9. The summed E-state index contributed by atoms with van der Waals surface area (Å²) in [7, 11) is 0.869. The van der Waals surface area contributed by atoms with Crippen molar-refractivity contribution in [3.05, 3.63) is 59.7 Å². The summed E-state index contributed by atoms with van der Waals surface area (Å²) in [6, 6.07) is 17.9. The van der Waals surface area contributed by atoms with Crippen LogP contribution in [0.4, 0.5) is 0 Å². The number of rotatable bonds is 1. The highest BCUT2D eigenvalue weighted by Gasteiger charge is 2.40. The van der Waals surface area contributed by atoms with Gasteiger partial charge in [0.15, 0.2) is 0 Å². The largest absolute Gasteiger partial charge is 0.343 e. The lowest BCUT2D eigenvalue weighted by atomic mass is 10.1. The summed E-state index contributed by atoms with van der Waals surface area (Å²) in [5.74, 6) is 0. The Morgan fingerprint density at radius 3 is 2.33 bits per heavy atom. The van der Waals surface area contributed by atoms with Gasteiger partial charge in [0.05, 0.1) is 13.8 Å². The molecule has 3 aromatic rings. The van der Waals surface area contributed by atoms with Crippen molar-refractivity contribution in [1.29, 1.82) is 0 Å². The van der Waals surface area contributed by atoms with Crippen molar-refractivity contribution in [3.8, 4) is 11.3 Å². The third-order valence-corrected chi connectivity index (χ3v) is 7.16. The molecule has 106 valence electrons. The van der Waals surface area contributed by atoms with E-state index < -0.39 is 8.07 Å². The van der Waals surface area contributed by atoms with E-state index in [2.05, 4.69) is 79.8 Å². The third kappa shape index (κ3) is 1.63. The summed E-state index contributed by atoms with van der Waals surface area (Å²) in [4.78, 5) is 0. The third-order valence-electron chi connectivity index (χ3n) is 4.83. The van der Waals surface area contributed by atoms with E-state index >= 15 is 0 Å². The van der Waals surface area contributed by atoms with Gasteiger partial charge < -0.3 is 4.57 Å². The molecule has 1 nitrogen and oxygen atoms in total. The molecule has 0 spiro atoms. The smallest absolute Gasteiger partial charge is 0.0575 e. The molecule has 1 unspecified atom stereocenters. The number of aryl methyl sites for hydroxylation is 1. The van der Waals surface area contributed by atoms with Gasteiger partial charge in [-0.2, -0.15) is 0 Å². The van der Waals surface area contributed by atoms with Crippen LogP contribution in [0.15, 0.2) is 48.5 Å². The molecule has 0 radical (unpaired) electrons. The maximum atomic E-state index is 2.49. The van der Waals surface area contributed by atoms with Gasteiger partial charge in [-0.05, 0) is 17.2 Å². The van der Waals surface area contributed by atoms with Crippen LogP contribution in [0, 0.1) is 0 Å². The van der Waals surface area contributed by atoms with Gasteiger partial charge in [0, 0.05) is 29.1 Å². The SMILES string of the molecule is Cn1c2c(c3ccccc31)C([Si](C)(C)C)c1ccccc1-2. The number of nitrogens with zero attached hydrogens (tertiary/aromatic N) is 1. The minimum absolute atomic E-state index is 0.606. The van der Waals surface area contributed by atoms with Crippen LogP contribution in [0.2, 0.25) is 19.6 Å². The molecule has 1 atom stereocenters. The summed E-state index contributed by atoms with van der Waals surface area (Å²) in [6.07, 6.45) is 0. The molecule has 21 heavy (non-hydrogen) atoms. The van der Waals surface area contributed by atoms with Gasteiger partial charge in [0.1, 0.15) is 0 Å². The number of hydrogen-bond acceptors (Lipinski definition) is 0. The zero-order valence-electron chi connectivity index (χ0n) is 13.1. The first-order chi connectivity index (χ1) is 10.00. The number of fused-ring (bicyclic) bond motifs is 5. The summed E-state index contributed by atoms with van der Waals surface area (Å²) in [5.41, 5.74) is 7.98. The summed E-state index contributed by atoms with van der Waals surface area (Å²) in [6.45, 7) is 7.47. The molecule has 1 heterocycles. The van der Waals surface area contributed by atoms with E-state index in [0.29, 0.717) is 5.54 Å². The van der Waals surface area contributed by atoms with Crippen LogP contribution >= 0.6 is 0 Å². The molecule has 0 saturated carbocycles. The van der Waals surface area contributed by atoms with E-state index in [9.17, 15) is 0 Å². The predicted octanol–water partition coefficient (Wildman–Crippen LogP) is 5.17. The van der Waals surface area contributed by atoms with Gasteiger partial charge in [-0.3, -0.25) is 0 Å². The standard InChI is InChI=1S/C19H21NSi/c1-20-16-12-8-7-11-15(16)17-18(20)13-9-5-6-10-14(13)19(17)21(2,3)4/h5-12,19H,1-4H3. The molecule has 4 rings (SSSR count). The topological polar surface area (TPSA) is 4.93 Å². The molecule has 1 aromatic heterocycles. The molecule has 0 N–H and O–H groups in total. The van der Waals surface area contributed by atoms with Crippen LogP contribution < -0.4 is 0 Å². The van der Waals surface area contributed by atoms with Gasteiger partial charge in [0.2, 0.25) is 0 Å². The minimum atomic E-state index is -1.34. The number of benzene rings is 2. The highest BCUT2D eigenvalue weighted by molar-refractivity contribution is 6.78. The van der Waals surface area contributed by atoms with Crippen LogP contribution in [0.1, 0.15) is 16.7 Å². The van der Waals surface area contributed by atoms with Gasteiger partial charge in [-0.1, -0.05) is 62.1 Å². The fraction of sp³-hybridized carbons (Fsp3) is 0.263. The van der Waals surface area contributed by atoms with Crippen molar-refractivity contribution in [1.82, 2.24) is 4.57 Å². The molecule has 0 fully saturated rings. The second-order valence-corrected chi connectivity index (χ2v) is 12.5. The highest BCUT2D eigenvalue weighted by Crippen LogP contribution is 2.52. The lowest BCUT2D eigenvalue weighted by Gasteiger charge is -2.27. The van der Waals surface area contributed by atoms with E-state index in [4.69, 9.17) is 0 Å². The fourth-order valence-electron chi connectivity index (χ4n) is 4.06. The minimum Gasteiger partial charge on any atom is -0.343 e. The van der Waals surface area contributed by atoms with Crippen LogP contribution in [-0.2, 0) is 7.05 Å². The van der Waals surface area contributed by atoms with Crippen LogP contribution in [0.3, 0.4) is 0 Å². The number of hydrogen-bond donors (Lipinski definition) is 0. The molecular formula is C19H21NSi. The average Bonchev–Trinajstić information content (AvgIpc) is 2.93. The van der Waals surface area contributed by atoms with E-state index in [0.717, 1.165) is 0 Å². The Morgan fingerprint density at radius 1 is 0.905 bits per heavy atom. The second kappa shape index (κ2) is 4.11. The normalized spacial score (nSPS) is 17.0. The average molecular weight is 291 g/mol. The van der Waals surface area contributed by atoms with E-state index in [1.165, 1.54) is 22.2 Å². The van der Waals surface area contributed by atoms with Crippen molar-refractivity contribution >= 4 is 19.0 Å². The van der Waals surface area contributed by atoms with Crippen molar-refractivity contribution in [2.24, 2.45) is 7.05 Å². The van der Waals surface area contributed by atoms with E-state index in [-0.39, 0.29) is 0 Å². The maximum Gasteiger partial charge on any atom is 0.0575 e. The lowest BCUT2D eigenvalue weighted by molar-refractivity contribution is 0.977. The molecule has 2 heteroatoms. The molecule has 1 aliphatic rings. The maximum absolute atomic E-state index is 2.49. The molecule has 1 aliphatic carbocycles. The summed E-state index contributed by atoms with van der Waals surface area (Å²) >= 11 is 0. The second-order valence-electron chi connectivity index (χ2n) is 7.22. The monoisotopic (exact) mass is 291 g/mol. The van der Waals surface area contributed by atoms with Crippen LogP contribution in [0.25, 0.3) is 22.2 Å². The number of para-hydroxylation sites is 1. The summed E-state index contributed by atoms with van der Waals surface area (Å²) < 4.78 is 2.39. The Bertz CT molecular complexity index is 852. The molecule has 2 aromatic carbocycles. The zero-order chi connectivity index (χ0) is 14.8. The molecular weight excluding hydrogens is 270 g/mol. The van der Waals surface area contributed by atoms with E-state index in [1.54, 1.807) is 11.1 Å².